The van der Waals surface area contributed by atoms with Crippen LogP contribution in [0.3, 0.4) is 0 Å². The zero-order chi connectivity index (χ0) is 17.9. The van der Waals surface area contributed by atoms with E-state index in [2.05, 4.69) is 33.5 Å². The zero-order valence-electron chi connectivity index (χ0n) is 14.5. The molecule has 2 N–H and O–H groups in total. The lowest BCUT2D eigenvalue weighted by molar-refractivity contribution is 0.206. The molecule has 0 spiro atoms. The van der Waals surface area contributed by atoms with Gasteiger partial charge in [-0.1, -0.05) is 36.4 Å². The summed E-state index contributed by atoms with van der Waals surface area (Å²) in [5.41, 5.74) is 3.98. The number of pyridine rings is 1. The minimum atomic E-state index is -0.730. The van der Waals surface area contributed by atoms with Gasteiger partial charge in [-0.2, -0.15) is 0 Å². The summed E-state index contributed by atoms with van der Waals surface area (Å²) in [7, 11) is 1.87. The lowest BCUT2D eigenvalue weighted by Crippen LogP contribution is -2.07. The Balaban J connectivity index is 1.48. The topological polar surface area (TPSA) is 63.0 Å². The minimum absolute atomic E-state index is 0.632. The van der Waals surface area contributed by atoms with Gasteiger partial charge in [-0.25, -0.2) is 4.98 Å². The van der Waals surface area contributed by atoms with E-state index in [-0.39, 0.29) is 0 Å². The second-order valence-corrected chi connectivity index (χ2v) is 6.27. The fourth-order valence-electron chi connectivity index (χ4n) is 3.08. The highest BCUT2D eigenvalue weighted by molar-refractivity contribution is 5.81. The van der Waals surface area contributed by atoms with Crippen molar-refractivity contribution in [1.82, 2.24) is 14.5 Å². The SMILES string of the molecule is Cn1ccnc1[C@H](O)c1ccc(NCc2cccc3cccnc23)cc1. The van der Waals surface area contributed by atoms with E-state index < -0.39 is 6.10 Å². The molecule has 26 heavy (non-hydrogen) atoms. The summed E-state index contributed by atoms with van der Waals surface area (Å²) in [6.07, 6.45) is 4.60. The van der Waals surface area contributed by atoms with Gasteiger partial charge in [0.1, 0.15) is 11.9 Å². The molecule has 4 aromatic rings. The van der Waals surface area contributed by atoms with Gasteiger partial charge in [-0.15, -0.1) is 0 Å². The first kappa shape index (κ1) is 16.3. The smallest absolute Gasteiger partial charge is 0.142 e. The molecule has 0 amide bonds. The summed E-state index contributed by atoms with van der Waals surface area (Å²) in [6, 6.07) is 18.0. The standard InChI is InChI=1S/C21H20N4O/c1-25-13-12-23-21(25)20(26)16-7-9-18(10-8-16)24-14-17-5-2-4-15-6-3-11-22-19(15)17/h2-13,20,24,26H,14H2,1H3/t20-/m1/s1. The molecule has 0 saturated heterocycles. The number of rotatable bonds is 5. The van der Waals surface area contributed by atoms with Crippen LogP contribution in [-0.4, -0.2) is 19.6 Å². The third kappa shape index (κ3) is 3.17. The summed E-state index contributed by atoms with van der Waals surface area (Å²) < 4.78 is 1.82. The first-order valence-corrected chi connectivity index (χ1v) is 8.54. The van der Waals surface area contributed by atoms with Crippen LogP contribution in [0.4, 0.5) is 5.69 Å². The van der Waals surface area contributed by atoms with E-state index in [0.717, 1.165) is 27.7 Å². The normalized spacial score (nSPS) is 12.2. The van der Waals surface area contributed by atoms with Gasteiger partial charge in [0.15, 0.2) is 0 Å². The van der Waals surface area contributed by atoms with Gasteiger partial charge >= 0.3 is 0 Å². The van der Waals surface area contributed by atoms with Gasteiger partial charge in [-0.3, -0.25) is 4.98 Å². The van der Waals surface area contributed by atoms with Gasteiger partial charge in [-0.05, 0) is 29.3 Å². The van der Waals surface area contributed by atoms with Crippen molar-refractivity contribution in [2.75, 3.05) is 5.32 Å². The maximum absolute atomic E-state index is 10.5. The van der Waals surface area contributed by atoms with Crippen LogP contribution in [0.5, 0.6) is 0 Å². The molecule has 0 aliphatic rings. The third-order valence-corrected chi connectivity index (χ3v) is 4.53. The molecule has 1 atom stereocenters. The molecule has 130 valence electrons. The van der Waals surface area contributed by atoms with Crippen molar-refractivity contribution in [2.24, 2.45) is 7.05 Å². The first-order valence-electron chi connectivity index (χ1n) is 8.54. The number of aromatic nitrogens is 3. The Hall–Kier alpha value is -3.18. The molecule has 0 bridgehead atoms. The number of aliphatic hydroxyl groups excluding tert-OH is 1. The maximum Gasteiger partial charge on any atom is 0.142 e. The Labute approximate surface area is 152 Å². The number of hydrogen-bond acceptors (Lipinski definition) is 4. The van der Waals surface area contributed by atoms with Crippen molar-refractivity contribution in [3.63, 3.8) is 0 Å². The quantitative estimate of drug-likeness (QED) is 0.580. The highest BCUT2D eigenvalue weighted by atomic mass is 16.3. The second kappa shape index (κ2) is 6.98. The molecular formula is C21H20N4O. The monoisotopic (exact) mass is 344 g/mol. The van der Waals surface area contributed by atoms with Crippen molar-refractivity contribution in [1.29, 1.82) is 0 Å². The van der Waals surface area contributed by atoms with Crippen molar-refractivity contribution < 1.29 is 5.11 Å². The average Bonchev–Trinajstić information content (AvgIpc) is 3.12. The van der Waals surface area contributed by atoms with Crippen LogP contribution >= 0.6 is 0 Å². The van der Waals surface area contributed by atoms with Crippen LogP contribution in [0.15, 0.2) is 73.2 Å². The predicted octanol–water partition coefficient (Wildman–Crippen LogP) is 3.66. The predicted molar refractivity (Wildman–Crippen MR) is 103 cm³/mol. The van der Waals surface area contributed by atoms with E-state index >= 15 is 0 Å². The van der Waals surface area contributed by atoms with Gasteiger partial charge < -0.3 is 15.0 Å². The van der Waals surface area contributed by atoms with Crippen LogP contribution in [0.1, 0.15) is 23.1 Å². The number of anilines is 1. The molecule has 2 heterocycles. The number of nitrogens with zero attached hydrogens (tertiary/aromatic N) is 3. The average molecular weight is 344 g/mol. The molecule has 2 aromatic heterocycles. The van der Waals surface area contributed by atoms with Gasteiger partial charge in [0.05, 0.1) is 5.52 Å². The van der Waals surface area contributed by atoms with Crippen LogP contribution in [0, 0.1) is 0 Å². The lowest BCUT2D eigenvalue weighted by Gasteiger charge is -2.13. The van der Waals surface area contributed by atoms with E-state index in [4.69, 9.17) is 0 Å². The molecule has 0 saturated carbocycles. The summed E-state index contributed by atoms with van der Waals surface area (Å²) in [6.45, 7) is 0.690. The van der Waals surface area contributed by atoms with Crippen molar-refractivity contribution in [2.45, 2.75) is 12.6 Å². The Morgan fingerprint density at radius 3 is 2.58 bits per heavy atom. The van der Waals surface area contributed by atoms with Crippen molar-refractivity contribution in [3.05, 3.63) is 90.1 Å². The lowest BCUT2D eigenvalue weighted by atomic mass is 10.1. The number of nitrogens with one attached hydrogen (secondary N) is 1. The number of benzene rings is 2. The van der Waals surface area contributed by atoms with Crippen molar-refractivity contribution >= 4 is 16.6 Å². The van der Waals surface area contributed by atoms with E-state index in [0.29, 0.717) is 12.4 Å². The first-order chi connectivity index (χ1) is 12.7. The number of fused-ring (bicyclic) bond motifs is 1. The molecular weight excluding hydrogens is 324 g/mol. The Bertz CT molecular complexity index is 1020. The van der Waals surface area contributed by atoms with Crippen LogP contribution in [0.2, 0.25) is 0 Å². The molecule has 5 heteroatoms. The van der Waals surface area contributed by atoms with Crippen LogP contribution < -0.4 is 5.32 Å². The fraction of sp³-hybridized carbons (Fsp3) is 0.143. The number of imidazole rings is 1. The number of hydrogen-bond donors (Lipinski definition) is 2. The maximum atomic E-state index is 10.5. The molecule has 0 aliphatic heterocycles. The van der Waals surface area contributed by atoms with Gasteiger partial charge in [0.25, 0.3) is 0 Å². The summed E-state index contributed by atoms with van der Waals surface area (Å²) >= 11 is 0. The molecule has 0 radical (unpaired) electrons. The number of aliphatic hydroxyl groups is 1. The van der Waals surface area contributed by atoms with E-state index in [9.17, 15) is 5.11 Å². The highest BCUT2D eigenvalue weighted by Gasteiger charge is 2.14. The summed E-state index contributed by atoms with van der Waals surface area (Å²) in [5.74, 6) is 0.632. The Kier molecular flexibility index (Phi) is 4.37. The summed E-state index contributed by atoms with van der Waals surface area (Å²) in [5, 5.41) is 15.0. The molecule has 4 rings (SSSR count). The highest BCUT2D eigenvalue weighted by Crippen LogP contribution is 2.22. The minimum Gasteiger partial charge on any atom is -0.381 e. The molecule has 0 unspecified atom stereocenters. The van der Waals surface area contributed by atoms with E-state index in [1.165, 1.54) is 0 Å². The van der Waals surface area contributed by atoms with E-state index in [1.807, 2.05) is 60.4 Å². The summed E-state index contributed by atoms with van der Waals surface area (Å²) in [4.78, 5) is 8.69. The fourth-order valence-corrected chi connectivity index (χ4v) is 3.08. The Morgan fingerprint density at radius 2 is 1.81 bits per heavy atom. The number of para-hydroxylation sites is 1. The van der Waals surface area contributed by atoms with Crippen molar-refractivity contribution in [3.8, 4) is 0 Å². The van der Waals surface area contributed by atoms with Gasteiger partial charge in [0, 0.05) is 43.3 Å². The number of aryl methyl sites for hydroxylation is 1. The van der Waals surface area contributed by atoms with E-state index in [1.54, 1.807) is 6.20 Å². The zero-order valence-corrected chi connectivity index (χ0v) is 14.5. The van der Waals surface area contributed by atoms with Crippen LogP contribution in [0.25, 0.3) is 10.9 Å². The molecule has 0 aliphatic carbocycles. The largest absolute Gasteiger partial charge is 0.381 e. The Morgan fingerprint density at radius 1 is 1.00 bits per heavy atom. The van der Waals surface area contributed by atoms with Crippen LogP contribution in [-0.2, 0) is 13.6 Å². The third-order valence-electron chi connectivity index (χ3n) is 4.53. The molecule has 0 fully saturated rings. The molecule has 2 aromatic carbocycles. The van der Waals surface area contributed by atoms with Gasteiger partial charge in [0.2, 0.25) is 0 Å². The molecule has 5 nitrogen and oxygen atoms in total. The second-order valence-electron chi connectivity index (χ2n) is 6.27.